The van der Waals surface area contributed by atoms with Crippen molar-refractivity contribution in [3.8, 4) is 17.7 Å². The van der Waals surface area contributed by atoms with E-state index in [-0.39, 0.29) is 0 Å². The van der Waals surface area contributed by atoms with Crippen molar-refractivity contribution in [1.29, 1.82) is 5.26 Å². The van der Waals surface area contributed by atoms with Gasteiger partial charge in [0.05, 0.1) is 17.0 Å². The lowest BCUT2D eigenvalue weighted by Crippen LogP contribution is -1.91. The lowest BCUT2D eigenvalue weighted by molar-refractivity contribution is 0.459. The fourth-order valence-corrected chi connectivity index (χ4v) is 1.78. The van der Waals surface area contributed by atoms with Crippen LogP contribution < -0.4 is 4.74 Å². The van der Waals surface area contributed by atoms with E-state index in [0.29, 0.717) is 18.1 Å². The maximum atomic E-state index is 8.59. The van der Waals surface area contributed by atoms with Gasteiger partial charge in [0.25, 0.3) is 0 Å². The molecule has 0 bridgehead atoms. The number of hydrogen-bond donors (Lipinski definition) is 0. The minimum Gasteiger partial charge on any atom is -0.438 e. The van der Waals surface area contributed by atoms with Gasteiger partial charge in [-0.3, -0.25) is 0 Å². The van der Waals surface area contributed by atoms with E-state index in [2.05, 4.69) is 27.0 Å². The highest BCUT2D eigenvalue weighted by atomic mass is 79.9. The first kappa shape index (κ1) is 12.6. The van der Waals surface area contributed by atoms with Crippen molar-refractivity contribution < 1.29 is 4.74 Å². The molecule has 0 unspecified atom stereocenters. The highest BCUT2D eigenvalue weighted by Crippen LogP contribution is 2.29. The van der Waals surface area contributed by atoms with Gasteiger partial charge in [0.1, 0.15) is 5.75 Å². The zero-order valence-corrected chi connectivity index (χ0v) is 11.4. The van der Waals surface area contributed by atoms with Crippen LogP contribution in [0.4, 0.5) is 0 Å². The summed E-state index contributed by atoms with van der Waals surface area (Å²) in [7, 11) is 0. The summed E-state index contributed by atoms with van der Waals surface area (Å²) in [5, 5.41) is 8.59. The summed E-state index contributed by atoms with van der Waals surface area (Å²) in [5.74, 6) is 1.25. The molecule has 0 fully saturated rings. The molecule has 1 heterocycles. The Balaban J connectivity index is 2.19. The Morgan fingerprint density at radius 3 is 2.67 bits per heavy atom. The van der Waals surface area contributed by atoms with Crippen LogP contribution in [-0.2, 0) is 6.42 Å². The fourth-order valence-electron chi connectivity index (χ4n) is 1.46. The van der Waals surface area contributed by atoms with Crippen molar-refractivity contribution in [2.24, 2.45) is 0 Å². The number of nitriles is 1. The SMILES string of the molecule is Cc1ccnc(Oc2ccc(CC#N)cc2)c1Br. The third-order valence-electron chi connectivity index (χ3n) is 2.47. The van der Waals surface area contributed by atoms with Gasteiger partial charge in [0.2, 0.25) is 5.88 Å². The summed E-state index contributed by atoms with van der Waals surface area (Å²) in [6, 6.07) is 11.4. The Morgan fingerprint density at radius 1 is 1.28 bits per heavy atom. The van der Waals surface area contributed by atoms with Gasteiger partial charge in [0, 0.05) is 6.20 Å². The molecule has 90 valence electrons. The van der Waals surface area contributed by atoms with Crippen LogP contribution in [0.5, 0.6) is 11.6 Å². The van der Waals surface area contributed by atoms with Gasteiger partial charge in [-0.2, -0.15) is 5.26 Å². The van der Waals surface area contributed by atoms with Crippen LogP contribution in [0.15, 0.2) is 41.0 Å². The first-order valence-corrected chi connectivity index (χ1v) is 6.25. The zero-order valence-electron chi connectivity index (χ0n) is 9.85. The van der Waals surface area contributed by atoms with E-state index >= 15 is 0 Å². The molecule has 0 aliphatic heterocycles. The third-order valence-corrected chi connectivity index (χ3v) is 3.44. The van der Waals surface area contributed by atoms with Gasteiger partial charge in [-0.1, -0.05) is 12.1 Å². The Kier molecular flexibility index (Phi) is 3.96. The van der Waals surface area contributed by atoms with E-state index < -0.39 is 0 Å². The van der Waals surface area contributed by atoms with Crippen LogP contribution in [0.3, 0.4) is 0 Å². The van der Waals surface area contributed by atoms with Crippen LogP contribution in [0.1, 0.15) is 11.1 Å². The number of rotatable bonds is 3. The van der Waals surface area contributed by atoms with Gasteiger partial charge in [-0.25, -0.2) is 4.98 Å². The third kappa shape index (κ3) is 2.88. The quantitative estimate of drug-likeness (QED) is 0.860. The number of ether oxygens (including phenoxy) is 1. The van der Waals surface area contributed by atoms with Crippen molar-refractivity contribution in [2.75, 3.05) is 0 Å². The number of nitrogens with zero attached hydrogens (tertiary/aromatic N) is 2. The summed E-state index contributed by atoms with van der Waals surface area (Å²) in [6.45, 7) is 1.98. The lowest BCUT2D eigenvalue weighted by Gasteiger charge is -2.08. The normalized spacial score (nSPS) is 9.83. The van der Waals surface area contributed by atoms with E-state index in [1.807, 2.05) is 37.3 Å². The Hall–Kier alpha value is -1.86. The highest BCUT2D eigenvalue weighted by molar-refractivity contribution is 9.10. The number of benzene rings is 1. The van der Waals surface area contributed by atoms with E-state index in [9.17, 15) is 0 Å². The number of hydrogen-bond acceptors (Lipinski definition) is 3. The second-order valence-electron chi connectivity index (χ2n) is 3.83. The average molecular weight is 303 g/mol. The smallest absolute Gasteiger partial charge is 0.233 e. The van der Waals surface area contributed by atoms with E-state index in [1.165, 1.54) is 0 Å². The minimum absolute atomic E-state index is 0.409. The molecule has 0 N–H and O–H groups in total. The summed E-state index contributed by atoms with van der Waals surface area (Å²) in [5.41, 5.74) is 2.04. The lowest BCUT2D eigenvalue weighted by atomic mass is 10.2. The van der Waals surface area contributed by atoms with Gasteiger partial charge in [-0.15, -0.1) is 0 Å². The molecule has 0 atom stereocenters. The largest absolute Gasteiger partial charge is 0.438 e. The van der Waals surface area contributed by atoms with Crippen LogP contribution in [0, 0.1) is 18.3 Å². The van der Waals surface area contributed by atoms with Gasteiger partial charge in [-0.05, 0) is 52.2 Å². The molecule has 1 aromatic carbocycles. The van der Waals surface area contributed by atoms with Crippen LogP contribution in [-0.4, -0.2) is 4.98 Å². The number of aryl methyl sites for hydroxylation is 1. The Labute approximate surface area is 114 Å². The van der Waals surface area contributed by atoms with Gasteiger partial charge in [0.15, 0.2) is 0 Å². The average Bonchev–Trinajstić information content (AvgIpc) is 2.38. The summed E-state index contributed by atoms with van der Waals surface area (Å²) in [4.78, 5) is 4.17. The molecule has 0 radical (unpaired) electrons. The molecule has 2 aromatic rings. The van der Waals surface area contributed by atoms with Crippen molar-refractivity contribution >= 4 is 15.9 Å². The second-order valence-corrected chi connectivity index (χ2v) is 4.62. The molecular formula is C14H11BrN2O. The molecule has 18 heavy (non-hydrogen) atoms. The van der Waals surface area contributed by atoms with E-state index in [0.717, 1.165) is 15.6 Å². The van der Waals surface area contributed by atoms with Crippen molar-refractivity contribution in [3.63, 3.8) is 0 Å². The second kappa shape index (κ2) is 5.65. The molecule has 1 aromatic heterocycles. The number of halogens is 1. The molecule has 0 amide bonds. The van der Waals surface area contributed by atoms with E-state index in [1.54, 1.807) is 6.20 Å². The first-order chi connectivity index (χ1) is 8.70. The Bertz CT molecular complexity index is 588. The maximum Gasteiger partial charge on any atom is 0.233 e. The van der Waals surface area contributed by atoms with Gasteiger partial charge < -0.3 is 4.74 Å². The molecule has 4 heteroatoms. The molecule has 0 saturated carbocycles. The first-order valence-electron chi connectivity index (χ1n) is 5.45. The molecule has 0 aliphatic carbocycles. The maximum absolute atomic E-state index is 8.59. The molecule has 0 spiro atoms. The monoisotopic (exact) mass is 302 g/mol. The molecular weight excluding hydrogens is 292 g/mol. The summed E-state index contributed by atoms with van der Waals surface area (Å²) < 4.78 is 6.54. The summed E-state index contributed by atoms with van der Waals surface area (Å²) in [6.07, 6.45) is 2.12. The Morgan fingerprint density at radius 2 is 2.00 bits per heavy atom. The van der Waals surface area contributed by atoms with Crippen LogP contribution in [0.25, 0.3) is 0 Å². The van der Waals surface area contributed by atoms with E-state index in [4.69, 9.17) is 10.00 Å². The van der Waals surface area contributed by atoms with Crippen molar-refractivity contribution in [1.82, 2.24) is 4.98 Å². The number of aromatic nitrogens is 1. The van der Waals surface area contributed by atoms with Crippen molar-refractivity contribution in [2.45, 2.75) is 13.3 Å². The minimum atomic E-state index is 0.409. The molecule has 3 nitrogen and oxygen atoms in total. The predicted molar refractivity (Wildman–Crippen MR) is 72.5 cm³/mol. The van der Waals surface area contributed by atoms with Gasteiger partial charge >= 0.3 is 0 Å². The topological polar surface area (TPSA) is 45.9 Å². The molecule has 2 rings (SSSR count). The van der Waals surface area contributed by atoms with Crippen molar-refractivity contribution in [3.05, 3.63) is 52.1 Å². The highest BCUT2D eigenvalue weighted by Gasteiger charge is 2.06. The fraction of sp³-hybridized carbons (Fsp3) is 0.143. The van der Waals surface area contributed by atoms with Crippen LogP contribution >= 0.6 is 15.9 Å². The molecule has 0 saturated heterocycles. The summed E-state index contributed by atoms with van der Waals surface area (Å²) >= 11 is 3.45. The van der Waals surface area contributed by atoms with Crippen LogP contribution in [0.2, 0.25) is 0 Å². The standard InChI is InChI=1S/C14H11BrN2O/c1-10-7-9-17-14(13(10)15)18-12-4-2-11(3-5-12)6-8-16/h2-5,7,9H,6H2,1H3. The zero-order chi connectivity index (χ0) is 13.0. The number of pyridine rings is 1. The predicted octanol–water partition coefficient (Wildman–Crippen LogP) is 4.01. The molecule has 0 aliphatic rings.